The molecule has 4 atom stereocenters. The van der Waals surface area contributed by atoms with Crippen molar-refractivity contribution in [3.8, 4) is 0 Å². The Hall–Kier alpha value is -1.91. The van der Waals surface area contributed by atoms with Gasteiger partial charge in [-0.2, -0.15) is 0 Å². The van der Waals surface area contributed by atoms with Crippen LogP contribution >= 0.6 is 0 Å². The fraction of sp³-hybridized carbons (Fsp3) is 0.781. The van der Waals surface area contributed by atoms with E-state index in [2.05, 4.69) is 41.5 Å². The van der Waals surface area contributed by atoms with Crippen molar-refractivity contribution in [1.82, 2.24) is 0 Å². The summed E-state index contributed by atoms with van der Waals surface area (Å²) in [6.07, 6.45) is 12.5. The second-order valence-corrected chi connectivity index (χ2v) is 11.9. The number of carbonyl (C=O) groups is 3. The Balaban J connectivity index is 3.25. The second-order valence-electron chi connectivity index (χ2n) is 11.9. The molecule has 37 heavy (non-hydrogen) atoms. The molecule has 5 heteroatoms. The first-order chi connectivity index (χ1) is 17.5. The maximum atomic E-state index is 13.3. The number of carbonyl (C=O) groups excluding carboxylic acids is 3. The molecule has 0 fully saturated rings. The molecule has 0 amide bonds. The molecular formula is C32H54O5. The van der Waals surface area contributed by atoms with Gasteiger partial charge >= 0.3 is 11.9 Å². The summed E-state index contributed by atoms with van der Waals surface area (Å²) in [5, 5.41) is 0. The Morgan fingerprint density at radius 1 is 0.865 bits per heavy atom. The van der Waals surface area contributed by atoms with E-state index in [-0.39, 0.29) is 42.9 Å². The molecule has 1 aliphatic carbocycles. The van der Waals surface area contributed by atoms with Crippen LogP contribution in [0.1, 0.15) is 113 Å². The standard InChI is InChI=1S/C32H54O5/c1-9-36-31(34)29-26(20-25(8)18-12-15-23(5)6)21-28(33)30(32(35)37-10-2)27(29)19-13-17-24(7)16-11-14-22(3)4/h13,19,22-26,29H,9-12,14-18,20-21H2,1-8H3/b19-13+/t24?,25?,26-,29+/m0/s1. The van der Waals surface area contributed by atoms with Gasteiger partial charge in [0, 0.05) is 6.42 Å². The number of Topliss-reactive ketones (excluding diaryl/α,β-unsaturated/α-hetero) is 1. The molecule has 0 heterocycles. The van der Waals surface area contributed by atoms with Gasteiger partial charge in [0.15, 0.2) is 5.78 Å². The highest BCUT2D eigenvalue weighted by Crippen LogP contribution is 2.40. The molecule has 0 radical (unpaired) electrons. The van der Waals surface area contributed by atoms with Crippen molar-refractivity contribution in [2.75, 3.05) is 13.2 Å². The lowest BCUT2D eigenvalue weighted by Gasteiger charge is -2.33. The molecule has 0 aromatic heterocycles. The molecule has 0 N–H and O–H groups in total. The van der Waals surface area contributed by atoms with Gasteiger partial charge in [0.25, 0.3) is 0 Å². The van der Waals surface area contributed by atoms with Crippen molar-refractivity contribution in [3.05, 3.63) is 23.3 Å². The third-order valence-electron chi connectivity index (χ3n) is 7.34. The van der Waals surface area contributed by atoms with E-state index in [9.17, 15) is 14.4 Å². The van der Waals surface area contributed by atoms with E-state index in [0.29, 0.717) is 29.2 Å². The minimum Gasteiger partial charge on any atom is -0.466 e. The van der Waals surface area contributed by atoms with Crippen LogP contribution < -0.4 is 0 Å². The Kier molecular flexibility index (Phi) is 15.7. The Labute approximate surface area is 226 Å². The quantitative estimate of drug-likeness (QED) is 0.145. The van der Waals surface area contributed by atoms with E-state index in [4.69, 9.17) is 9.47 Å². The molecule has 0 aliphatic heterocycles. The van der Waals surface area contributed by atoms with Gasteiger partial charge in [-0.25, -0.2) is 4.79 Å². The van der Waals surface area contributed by atoms with Gasteiger partial charge in [0.2, 0.25) is 0 Å². The lowest BCUT2D eigenvalue weighted by molar-refractivity contribution is -0.149. The van der Waals surface area contributed by atoms with Crippen LogP contribution in [-0.4, -0.2) is 30.9 Å². The molecule has 0 bridgehead atoms. The average molecular weight is 519 g/mol. The third-order valence-corrected chi connectivity index (χ3v) is 7.34. The summed E-state index contributed by atoms with van der Waals surface area (Å²) in [6.45, 7) is 17.3. The number of rotatable bonds is 17. The predicted molar refractivity (Wildman–Crippen MR) is 151 cm³/mol. The Bertz CT molecular complexity index is 776. The van der Waals surface area contributed by atoms with Crippen LogP contribution in [0, 0.1) is 35.5 Å². The van der Waals surface area contributed by atoms with Crippen LogP contribution in [0.3, 0.4) is 0 Å². The van der Waals surface area contributed by atoms with Crippen molar-refractivity contribution >= 4 is 17.7 Å². The zero-order valence-electron chi connectivity index (χ0n) is 24.9. The Morgan fingerprint density at radius 2 is 1.43 bits per heavy atom. The van der Waals surface area contributed by atoms with Gasteiger partial charge < -0.3 is 9.47 Å². The lowest BCUT2D eigenvalue weighted by atomic mass is 9.70. The number of hydrogen-bond acceptors (Lipinski definition) is 5. The Morgan fingerprint density at radius 3 is 1.97 bits per heavy atom. The summed E-state index contributed by atoms with van der Waals surface area (Å²) in [4.78, 5) is 39.5. The molecular weight excluding hydrogens is 464 g/mol. The SMILES string of the molecule is CCOC(=O)C1=C(/C=C/CC(C)CCCC(C)C)[C@H](C(=O)OCC)[C@@H](CC(C)CCCC(C)C)CC1=O. The summed E-state index contributed by atoms with van der Waals surface area (Å²) in [5.74, 6) is 0.221. The first-order valence-corrected chi connectivity index (χ1v) is 14.8. The van der Waals surface area contributed by atoms with Crippen LogP contribution in [0.4, 0.5) is 0 Å². The predicted octanol–water partition coefficient (Wildman–Crippen LogP) is 7.88. The van der Waals surface area contributed by atoms with Gasteiger partial charge in [-0.3, -0.25) is 9.59 Å². The van der Waals surface area contributed by atoms with Crippen LogP contribution in [0.2, 0.25) is 0 Å². The summed E-state index contributed by atoms with van der Waals surface area (Å²) in [6, 6.07) is 0. The average Bonchev–Trinajstić information content (AvgIpc) is 2.78. The van der Waals surface area contributed by atoms with Crippen molar-refractivity contribution in [2.45, 2.75) is 113 Å². The number of esters is 2. The molecule has 0 aromatic rings. The minimum absolute atomic E-state index is 0.0346. The summed E-state index contributed by atoms with van der Waals surface area (Å²) < 4.78 is 10.8. The molecule has 2 unspecified atom stereocenters. The molecule has 5 nitrogen and oxygen atoms in total. The normalized spacial score (nSPS) is 20.1. The highest BCUT2D eigenvalue weighted by Gasteiger charge is 2.43. The van der Waals surface area contributed by atoms with Crippen LogP contribution in [0.15, 0.2) is 23.3 Å². The summed E-state index contributed by atoms with van der Waals surface area (Å²) in [5.41, 5.74) is 0.522. The maximum Gasteiger partial charge on any atom is 0.342 e. The topological polar surface area (TPSA) is 69.7 Å². The number of allylic oxidation sites excluding steroid dienone is 2. The van der Waals surface area contributed by atoms with Crippen molar-refractivity contribution in [2.24, 2.45) is 35.5 Å². The second kappa shape index (κ2) is 17.6. The van der Waals surface area contributed by atoms with Crippen molar-refractivity contribution in [1.29, 1.82) is 0 Å². The van der Waals surface area contributed by atoms with E-state index >= 15 is 0 Å². The van der Waals surface area contributed by atoms with Gasteiger partial charge in [-0.15, -0.1) is 0 Å². The van der Waals surface area contributed by atoms with Gasteiger partial charge in [-0.1, -0.05) is 92.2 Å². The molecule has 0 saturated heterocycles. The highest BCUT2D eigenvalue weighted by atomic mass is 16.5. The van der Waals surface area contributed by atoms with E-state index in [0.717, 1.165) is 32.1 Å². The van der Waals surface area contributed by atoms with Gasteiger partial charge in [0.1, 0.15) is 5.57 Å². The molecule has 0 saturated carbocycles. The van der Waals surface area contributed by atoms with Crippen molar-refractivity contribution < 1.29 is 23.9 Å². The lowest BCUT2D eigenvalue weighted by Crippen LogP contribution is -2.37. The van der Waals surface area contributed by atoms with Crippen LogP contribution in [0.25, 0.3) is 0 Å². The molecule has 0 aromatic carbocycles. The zero-order chi connectivity index (χ0) is 28.0. The van der Waals surface area contributed by atoms with Gasteiger partial charge in [-0.05, 0) is 61.9 Å². The molecule has 1 aliphatic rings. The first kappa shape index (κ1) is 33.1. The number of ketones is 1. The van der Waals surface area contributed by atoms with E-state index in [1.54, 1.807) is 13.8 Å². The van der Waals surface area contributed by atoms with Crippen LogP contribution in [-0.2, 0) is 23.9 Å². The molecule has 1 rings (SSSR count). The van der Waals surface area contributed by atoms with E-state index in [1.807, 2.05) is 12.2 Å². The molecule has 0 spiro atoms. The monoisotopic (exact) mass is 518 g/mol. The smallest absolute Gasteiger partial charge is 0.342 e. The fourth-order valence-electron chi connectivity index (χ4n) is 5.35. The van der Waals surface area contributed by atoms with Crippen molar-refractivity contribution in [3.63, 3.8) is 0 Å². The summed E-state index contributed by atoms with van der Waals surface area (Å²) in [7, 11) is 0. The van der Waals surface area contributed by atoms with Crippen LogP contribution in [0.5, 0.6) is 0 Å². The maximum absolute atomic E-state index is 13.3. The third kappa shape index (κ3) is 12.0. The van der Waals surface area contributed by atoms with E-state index < -0.39 is 11.9 Å². The van der Waals surface area contributed by atoms with E-state index in [1.165, 1.54) is 19.3 Å². The largest absolute Gasteiger partial charge is 0.466 e. The van der Waals surface area contributed by atoms with Gasteiger partial charge in [0.05, 0.1) is 19.1 Å². The number of ether oxygens (including phenoxy) is 2. The first-order valence-electron chi connectivity index (χ1n) is 14.8. The fourth-order valence-corrected chi connectivity index (χ4v) is 5.35. The minimum atomic E-state index is -0.630. The summed E-state index contributed by atoms with van der Waals surface area (Å²) >= 11 is 0. The highest BCUT2D eigenvalue weighted by molar-refractivity contribution is 6.19. The molecule has 212 valence electrons. The zero-order valence-corrected chi connectivity index (χ0v) is 24.9. The number of hydrogen-bond donors (Lipinski definition) is 0.